The molecule has 3 aromatic rings. The van der Waals surface area contributed by atoms with Crippen molar-refractivity contribution in [2.45, 2.75) is 45.3 Å². The van der Waals surface area contributed by atoms with Crippen LogP contribution in [0.15, 0.2) is 53.1 Å². The van der Waals surface area contributed by atoms with Crippen LogP contribution in [0.25, 0.3) is 11.5 Å². The summed E-state index contributed by atoms with van der Waals surface area (Å²) in [6.07, 6.45) is 0.374. The number of para-hydroxylation sites is 1. The number of aromatic nitrogens is 3. The average Bonchev–Trinajstić information content (AvgIpc) is 3.32. The summed E-state index contributed by atoms with van der Waals surface area (Å²) in [5, 5.41) is 9.88. The van der Waals surface area contributed by atoms with Crippen LogP contribution in [-0.4, -0.2) is 39.8 Å². The highest BCUT2D eigenvalue weighted by Gasteiger charge is 2.37. The number of pyridine rings is 1. The topological polar surface area (TPSA) is 84.2 Å². The molecule has 0 aliphatic rings. The first kappa shape index (κ1) is 24.4. The van der Waals surface area contributed by atoms with E-state index in [0.29, 0.717) is 23.5 Å². The molecule has 1 N–H and O–H groups in total. The second kappa shape index (κ2) is 11.0. The van der Waals surface area contributed by atoms with Gasteiger partial charge >= 0.3 is 6.43 Å². The van der Waals surface area contributed by atoms with Crippen LogP contribution in [-0.2, 0) is 11.3 Å². The van der Waals surface area contributed by atoms with Gasteiger partial charge in [0.2, 0.25) is 5.89 Å². The Balaban J connectivity index is 1.78. The van der Waals surface area contributed by atoms with Gasteiger partial charge in [-0.25, -0.2) is 4.39 Å². The summed E-state index contributed by atoms with van der Waals surface area (Å²) < 4.78 is 45.6. The number of nitrogens with zero attached hydrogens (tertiary/aromatic N) is 4. The Morgan fingerprint density at radius 2 is 1.94 bits per heavy atom. The molecule has 0 radical (unpaired) electrons. The SMILES string of the molecule is CCCCNCC(C)(F)C(=O)N(Cc1ccc(-c2nnc(C(F)F)o2)cn1)c1ccccc1. The lowest BCUT2D eigenvalue weighted by Crippen LogP contribution is -2.50. The molecule has 0 aliphatic heterocycles. The molecule has 2 heterocycles. The minimum Gasteiger partial charge on any atom is -0.415 e. The van der Waals surface area contributed by atoms with Crippen LogP contribution in [0.3, 0.4) is 0 Å². The van der Waals surface area contributed by atoms with Crippen LogP contribution in [0.1, 0.15) is 44.7 Å². The summed E-state index contributed by atoms with van der Waals surface area (Å²) >= 11 is 0. The normalized spacial score (nSPS) is 13.2. The van der Waals surface area contributed by atoms with E-state index in [2.05, 4.69) is 20.5 Å². The first-order valence-electron chi connectivity index (χ1n) is 10.7. The Morgan fingerprint density at radius 1 is 1.18 bits per heavy atom. The molecule has 0 bridgehead atoms. The minimum atomic E-state index is -2.87. The standard InChI is InChI=1S/C23H26F3N5O2/c1-3-4-12-27-15-23(2,26)22(32)31(18-8-6-5-7-9-18)14-17-11-10-16(13-28-17)20-29-30-21(33-20)19(24)25/h5-11,13,19,27H,3-4,12,14-15H2,1-2H3. The van der Waals surface area contributed by atoms with Crippen molar-refractivity contribution in [2.24, 2.45) is 0 Å². The van der Waals surface area contributed by atoms with Crippen molar-refractivity contribution in [2.75, 3.05) is 18.0 Å². The molecule has 33 heavy (non-hydrogen) atoms. The smallest absolute Gasteiger partial charge is 0.314 e. The molecule has 2 aromatic heterocycles. The molecular weight excluding hydrogens is 435 g/mol. The van der Waals surface area contributed by atoms with Crippen molar-refractivity contribution in [3.63, 3.8) is 0 Å². The van der Waals surface area contributed by atoms with Crippen molar-refractivity contribution in [1.82, 2.24) is 20.5 Å². The monoisotopic (exact) mass is 461 g/mol. The number of rotatable bonds is 11. The van der Waals surface area contributed by atoms with Crippen molar-refractivity contribution >= 4 is 11.6 Å². The summed E-state index contributed by atoms with van der Waals surface area (Å²) in [5.41, 5.74) is -0.770. The molecule has 1 aromatic carbocycles. The Bertz CT molecular complexity index is 1030. The number of halogens is 3. The van der Waals surface area contributed by atoms with Crippen LogP contribution in [0.4, 0.5) is 18.9 Å². The summed E-state index contributed by atoms with van der Waals surface area (Å²) in [7, 11) is 0. The predicted molar refractivity (Wildman–Crippen MR) is 117 cm³/mol. The third-order valence-electron chi connectivity index (χ3n) is 4.94. The zero-order chi connectivity index (χ0) is 23.8. The summed E-state index contributed by atoms with van der Waals surface area (Å²) in [4.78, 5) is 18.8. The van der Waals surface area contributed by atoms with Gasteiger partial charge in [-0.3, -0.25) is 9.78 Å². The second-order valence-corrected chi connectivity index (χ2v) is 7.74. The molecule has 176 valence electrons. The van der Waals surface area contributed by atoms with Crippen LogP contribution < -0.4 is 10.2 Å². The number of alkyl halides is 3. The zero-order valence-electron chi connectivity index (χ0n) is 18.5. The van der Waals surface area contributed by atoms with Gasteiger partial charge in [-0.15, -0.1) is 10.2 Å². The molecule has 3 rings (SSSR count). The number of anilines is 1. The minimum absolute atomic E-state index is 0.0176. The van der Waals surface area contributed by atoms with Gasteiger partial charge in [0.15, 0.2) is 5.67 Å². The maximum absolute atomic E-state index is 15.3. The van der Waals surface area contributed by atoms with Crippen LogP contribution >= 0.6 is 0 Å². The van der Waals surface area contributed by atoms with E-state index >= 15 is 4.39 Å². The largest absolute Gasteiger partial charge is 0.415 e. The van der Waals surface area contributed by atoms with Crippen LogP contribution in [0.2, 0.25) is 0 Å². The molecule has 0 saturated carbocycles. The average molecular weight is 461 g/mol. The van der Waals surface area contributed by atoms with Gasteiger partial charge in [0.25, 0.3) is 11.8 Å². The van der Waals surface area contributed by atoms with Gasteiger partial charge in [0, 0.05) is 18.4 Å². The molecule has 7 nitrogen and oxygen atoms in total. The Morgan fingerprint density at radius 3 is 2.55 bits per heavy atom. The molecule has 0 aliphatic carbocycles. The molecule has 0 saturated heterocycles. The van der Waals surface area contributed by atoms with Crippen LogP contribution in [0, 0.1) is 0 Å². The lowest BCUT2D eigenvalue weighted by Gasteiger charge is -2.29. The highest BCUT2D eigenvalue weighted by atomic mass is 19.3. The van der Waals surface area contributed by atoms with Crippen molar-refractivity contribution in [1.29, 1.82) is 0 Å². The van der Waals surface area contributed by atoms with E-state index in [1.54, 1.807) is 42.5 Å². The highest BCUT2D eigenvalue weighted by molar-refractivity contribution is 5.99. The van der Waals surface area contributed by atoms with Gasteiger partial charge in [-0.05, 0) is 44.2 Å². The maximum atomic E-state index is 15.3. The van der Waals surface area contributed by atoms with E-state index in [9.17, 15) is 13.6 Å². The lowest BCUT2D eigenvalue weighted by atomic mass is 10.1. The summed E-state index contributed by atoms with van der Waals surface area (Å²) in [6.45, 7) is 3.83. The maximum Gasteiger partial charge on any atom is 0.314 e. The van der Waals surface area contributed by atoms with E-state index < -0.39 is 23.9 Å². The third-order valence-corrected chi connectivity index (χ3v) is 4.94. The molecule has 1 atom stereocenters. The van der Waals surface area contributed by atoms with E-state index in [0.717, 1.165) is 12.8 Å². The predicted octanol–water partition coefficient (Wildman–Crippen LogP) is 4.72. The lowest BCUT2D eigenvalue weighted by molar-refractivity contribution is -0.129. The third kappa shape index (κ3) is 6.38. The van der Waals surface area contributed by atoms with Crippen molar-refractivity contribution in [3.8, 4) is 11.5 Å². The molecule has 1 amide bonds. The fourth-order valence-electron chi connectivity index (χ4n) is 3.12. The molecule has 0 fully saturated rings. The van der Waals surface area contributed by atoms with Gasteiger partial charge in [0.1, 0.15) is 0 Å². The number of benzene rings is 1. The molecular formula is C23H26F3N5O2. The van der Waals surface area contributed by atoms with E-state index in [4.69, 9.17) is 4.42 Å². The van der Waals surface area contributed by atoms with Crippen LogP contribution in [0.5, 0.6) is 0 Å². The number of hydrogen-bond donors (Lipinski definition) is 1. The molecule has 1 unspecified atom stereocenters. The zero-order valence-corrected chi connectivity index (χ0v) is 18.5. The quantitative estimate of drug-likeness (QED) is 0.416. The Hall–Kier alpha value is -3.27. The number of carbonyl (C=O) groups excluding carboxylic acids is 1. The molecule has 10 heteroatoms. The van der Waals surface area contributed by atoms with Gasteiger partial charge in [-0.2, -0.15) is 8.78 Å². The number of carbonyl (C=O) groups is 1. The number of unbranched alkanes of at least 4 members (excludes halogenated alkanes) is 1. The first-order chi connectivity index (χ1) is 15.8. The summed E-state index contributed by atoms with van der Waals surface area (Å²) in [5.74, 6) is -1.55. The number of hydrogen-bond acceptors (Lipinski definition) is 6. The van der Waals surface area contributed by atoms with Gasteiger partial charge < -0.3 is 14.6 Å². The van der Waals surface area contributed by atoms with Crippen molar-refractivity contribution < 1.29 is 22.4 Å². The number of nitrogens with one attached hydrogen (secondary N) is 1. The molecule has 0 spiro atoms. The van der Waals surface area contributed by atoms with E-state index in [1.807, 2.05) is 6.92 Å². The Kier molecular flexibility index (Phi) is 8.16. The second-order valence-electron chi connectivity index (χ2n) is 7.74. The number of amides is 1. The first-order valence-corrected chi connectivity index (χ1v) is 10.7. The fraction of sp³-hybridized carbons (Fsp3) is 0.391. The van der Waals surface area contributed by atoms with Crippen molar-refractivity contribution in [3.05, 3.63) is 60.2 Å². The van der Waals surface area contributed by atoms with E-state index in [1.165, 1.54) is 18.0 Å². The Labute approximate surface area is 190 Å². The fourth-order valence-corrected chi connectivity index (χ4v) is 3.12. The summed E-state index contributed by atoms with van der Waals surface area (Å²) in [6, 6.07) is 11.9. The van der Waals surface area contributed by atoms with Gasteiger partial charge in [-0.1, -0.05) is 31.5 Å². The van der Waals surface area contributed by atoms with E-state index in [-0.39, 0.29) is 19.0 Å². The van der Waals surface area contributed by atoms with Gasteiger partial charge in [0.05, 0.1) is 17.8 Å². The highest BCUT2D eigenvalue weighted by Crippen LogP contribution is 2.25.